The minimum absolute atomic E-state index is 0. The Morgan fingerprint density at radius 3 is 1.78 bits per heavy atom. The van der Waals surface area contributed by atoms with Gasteiger partial charge >= 0.3 is 11.9 Å². The van der Waals surface area contributed by atoms with Crippen molar-refractivity contribution in [3.8, 4) is 0 Å². The number of H-pyrrole nitrogens is 1. The minimum atomic E-state index is -1.01. The summed E-state index contributed by atoms with van der Waals surface area (Å²) >= 11 is 6.62. The molecule has 6 aromatic rings. The van der Waals surface area contributed by atoms with Gasteiger partial charge in [-0.1, -0.05) is 87.2 Å². The van der Waals surface area contributed by atoms with E-state index in [2.05, 4.69) is 56.8 Å². The van der Waals surface area contributed by atoms with E-state index in [0.717, 1.165) is 25.2 Å². The number of hydrogen-bond acceptors (Lipinski definition) is 8. The topological polar surface area (TPSA) is 194 Å². The molecule has 0 unspecified atom stereocenters. The van der Waals surface area contributed by atoms with Crippen molar-refractivity contribution in [1.29, 1.82) is 0 Å². The van der Waals surface area contributed by atoms with Gasteiger partial charge in [0.15, 0.2) is 0 Å². The Kier molecular flexibility index (Phi) is 22.4. The maximum absolute atomic E-state index is 10.7. The Balaban J connectivity index is -0.000000538. The molecule has 0 fully saturated rings. The van der Waals surface area contributed by atoms with Gasteiger partial charge in [-0.25, -0.2) is 19.6 Å². The lowest BCUT2D eigenvalue weighted by Gasteiger charge is -1.99. The smallest absolute Gasteiger partial charge is 0.354 e. The highest BCUT2D eigenvalue weighted by Gasteiger charge is 2.07. The molecule has 46 heavy (non-hydrogen) atoms. The van der Waals surface area contributed by atoms with E-state index < -0.39 is 11.9 Å². The number of nitrogens with one attached hydrogen (secondary N) is 1. The van der Waals surface area contributed by atoms with Crippen LogP contribution in [0.1, 0.15) is 58.1 Å². The number of fused-ring (bicyclic) bond motifs is 2. The monoisotopic (exact) mass is 759 g/mol. The molecule has 0 aliphatic heterocycles. The fourth-order valence-electron chi connectivity index (χ4n) is 3.11. The number of hydrogen-bond donors (Lipinski definition) is 5. The Labute approximate surface area is 287 Å². The van der Waals surface area contributed by atoms with E-state index in [1.807, 2.05) is 30.3 Å². The number of carbonyl (C=O) groups is 2. The van der Waals surface area contributed by atoms with E-state index in [9.17, 15) is 9.59 Å². The zero-order valence-electron chi connectivity index (χ0n) is 21.1. The van der Waals surface area contributed by atoms with Crippen molar-refractivity contribution in [1.82, 2.24) is 24.9 Å². The van der Waals surface area contributed by atoms with Gasteiger partial charge in [0.25, 0.3) is 0 Å². The lowest BCUT2D eigenvalue weighted by atomic mass is 10.2. The number of rotatable bonds is 2. The molecule has 0 aliphatic carbocycles. The van der Waals surface area contributed by atoms with Crippen LogP contribution in [0.3, 0.4) is 0 Å². The maximum atomic E-state index is 10.7. The molecule has 0 spiro atoms. The van der Waals surface area contributed by atoms with Gasteiger partial charge < -0.3 is 26.7 Å². The van der Waals surface area contributed by atoms with E-state index >= 15 is 0 Å². The molecule has 7 N–H and O–H groups in total. The molecule has 2 aromatic carbocycles. The molecule has 0 radical (unpaired) electrons. The lowest BCUT2D eigenvalue weighted by Crippen LogP contribution is -1.99. The highest BCUT2D eigenvalue weighted by atomic mass is 79.9. The summed E-state index contributed by atoms with van der Waals surface area (Å²) in [5, 5.41) is 19.3. The van der Waals surface area contributed by atoms with Crippen molar-refractivity contribution in [3.63, 3.8) is 0 Å². The SMILES string of the molecule is C.C.C.C.C.Nc1cccnc1.Nc1cnccn1.O=C(O)c1cc2ccc(Br)cc2[nH]1.O=C(O)c1ccc2ccc(Br)cc2n1. The molecule has 0 bridgehead atoms. The summed E-state index contributed by atoms with van der Waals surface area (Å²) in [4.78, 5) is 39.2. The molecule has 0 saturated carbocycles. The number of carboxylic acids is 2. The number of pyridine rings is 2. The van der Waals surface area contributed by atoms with Gasteiger partial charge in [0.1, 0.15) is 17.2 Å². The van der Waals surface area contributed by atoms with Gasteiger partial charge in [-0.15, -0.1) is 0 Å². The number of aromatic carboxylic acids is 2. The van der Waals surface area contributed by atoms with Crippen LogP contribution in [0.15, 0.2) is 107 Å². The number of carboxylic acid groups (broad SMARTS) is 2. The van der Waals surface area contributed by atoms with Crippen LogP contribution in [0, 0.1) is 0 Å². The first-order valence-corrected chi connectivity index (χ1v) is 13.2. The van der Waals surface area contributed by atoms with Crippen LogP contribution < -0.4 is 11.5 Å². The number of aromatic nitrogens is 5. The van der Waals surface area contributed by atoms with Crippen molar-refractivity contribution in [3.05, 3.63) is 118 Å². The molecule has 11 nitrogen and oxygen atoms in total. The number of nitrogens with two attached hydrogens (primary N) is 2. The zero-order chi connectivity index (χ0) is 29.8. The van der Waals surface area contributed by atoms with Crippen LogP contribution in [0.4, 0.5) is 11.5 Å². The third-order valence-electron chi connectivity index (χ3n) is 4.96. The molecule has 0 aliphatic rings. The van der Waals surface area contributed by atoms with Crippen LogP contribution in [0.5, 0.6) is 0 Å². The number of aromatic amines is 1. The van der Waals surface area contributed by atoms with Gasteiger partial charge in [-0.3, -0.25) is 9.97 Å². The highest BCUT2D eigenvalue weighted by molar-refractivity contribution is 9.10. The quantitative estimate of drug-likeness (QED) is 0.114. The number of nitrogen functional groups attached to an aromatic ring is 2. The zero-order valence-corrected chi connectivity index (χ0v) is 24.3. The Bertz CT molecular complexity index is 1720. The number of anilines is 2. The van der Waals surface area contributed by atoms with E-state index in [1.165, 1.54) is 12.3 Å². The predicted octanol–water partition coefficient (Wildman–Crippen LogP) is 9.23. The van der Waals surface area contributed by atoms with Gasteiger partial charge in [-0.2, -0.15) is 0 Å². The van der Waals surface area contributed by atoms with Gasteiger partial charge in [0.2, 0.25) is 0 Å². The lowest BCUT2D eigenvalue weighted by molar-refractivity contribution is 0.0680. The molecular formula is C33H43Br2N7O4. The van der Waals surface area contributed by atoms with Crippen molar-refractivity contribution >= 4 is 77.1 Å². The molecule has 0 saturated heterocycles. The van der Waals surface area contributed by atoms with Crippen molar-refractivity contribution < 1.29 is 19.8 Å². The molecule has 6 rings (SSSR count). The first kappa shape index (κ1) is 45.5. The molecule has 0 amide bonds. The Morgan fingerprint density at radius 2 is 1.30 bits per heavy atom. The molecule has 0 atom stereocenters. The van der Waals surface area contributed by atoms with Crippen LogP contribution >= 0.6 is 31.9 Å². The first-order chi connectivity index (χ1) is 19.6. The molecule has 248 valence electrons. The second kappa shape index (κ2) is 22.6. The summed E-state index contributed by atoms with van der Waals surface area (Å²) in [5.74, 6) is -1.48. The van der Waals surface area contributed by atoms with E-state index in [1.54, 1.807) is 55.1 Å². The fraction of sp³-hybridized carbons (Fsp3) is 0.152. The molecular weight excluding hydrogens is 718 g/mol. The van der Waals surface area contributed by atoms with E-state index in [-0.39, 0.29) is 48.5 Å². The van der Waals surface area contributed by atoms with E-state index in [4.69, 9.17) is 21.7 Å². The van der Waals surface area contributed by atoms with Crippen LogP contribution in [-0.2, 0) is 0 Å². The van der Waals surface area contributed by atoms with Crippen molar-refractivity contribution in [2.45, 2.75) is 37.1 Å². The number of nitrogens with zero attached hydrogens (tertiary/aromatic N) is 4. The standard InChI is InChI=1S/C10H6BrNO2.C9H6BrNO2.C5H6N2.C4H5N3.5CH4/c11-7-3-1-6-2-4-8(10(13)14)12-9(6)5-7;10-6-2-1-5-3-8(9(12)13)11-7(5)4-6;6-5-2-1-3-7-4-5;5-4-3-6-1-2-7-4;;;;;/h1-5H,(H,13,14);1-4,11H,(H,12,13);1-4H,6H2;1-3H,(H2,5,7);5*1H4. The average molecular weight is 762 g/mol. The second-order valence-corrected chi connectivity index (χ2v) is 9.81. The Morgan fingerprint density at radius 1 is 0.696 bits per heavy atom. The molecule has 13 heteroatoms. The normalized spacial score (nSPS) is 8.74. The predicted molar refractivity (Wildman–Crippen MR) is 198 cm³/mol. The van der Waals surface area contributed by atoms with Crippen LogP contribution in [0.2, 0.25) is 0 Å². The summed E-state index contributed by atoms with van der Waals surface area (Å²) in [5.41, 5.74) is 13.0. The van der Waals surface area contributed by atoms with E-state index in [0.29, 0.717) is 17.0 Å². The number of halogens is 2. The summed E-state index contributed by atoms with van der Waals surface area (Å²) in [6.07, 6.45) is 7.93. The number of benzene rings is 2. The Hall–Kier alpha value is -4.88. The van der Waals surface area contributed by atoms with Crippen LogP contribution in [0.25, 0.3) is 21.8 Å². The summed E-state index contributed by atoms with van der Waals surface area (Å²) in [6, 6.07) is 19.6. The largest absolute Gasteiger partial charge is 0.477 e. The molecule has 4 heterocycles. The third-order valence-corrected chi connectivity index (χ3v) is 5.94. The minimum Gasteiger partial charge on any atom is -0.477 e. The maximum Gasteiger partial charge on any atom is 0.354 e. The highest BCUT2D eigenvalue weighted by Crippen LogP contribution is 2.20. The van der Waals surface area contributed by atoms with Crippen molar-refractivity contribution in [2.75, 3.05) is 11.5 Å². The molecule has 4 aromatic heterocycles. The first-order valence-electron chi connectivity index (χ1n) is 11.6. The second-order valence-electron chi connectivity index (χ2n) is 7.98. The third kappa shape index (κ3) is 14.7. The van der Waals surface area contributed by atoms with Gasteiger partial charge in [0, 0.05) is 50.0 Å². The van der Waals surface area contributed by atoms with Crippen LogP contribution in [-0.4, -0.2) is 47.1 Å². The fourth-order valence-corrected chi connectivity index (χ4v) is 3.82. The van der Waals surface area contributed by atoms with Gasteiger partial charge in [0.05, 0.1) is 17.4 Å². The average Bonchev–Trinajstić information content (AvgIpc) is 3.38. The summed E-state index contributed by atoms with van der Waals surface area (Å²) < 4.78 is 1.82. The van der Waals surface area contributed by atoms with Crippen molar-refractivity contribution in [2.24, 2.45) is 0 Å². The van der Waals surface area contributed by atoms with Gasteiger partial charge in [-0.05, 0) is 48.5 Å². The summed E-state index contributed by atoms with van der Waals surface area (Å²) in [7, 11) is 0. The summed E-state index contributed by atoms with van der Waals surface area (Å²) in [6.45, 7) is 0.